The first-order valence-electron chi connectivity index (χ1n) is 6.67. The molecule has 0 aliphatic heterocycles. The van der Waals surface area contributed by atoms with Gasteiger partial charge in [0.2, 0.25) is 0 Å². The molecule has 0 atom stereocenters. The molecule has 0 aliphatic rings. The van der Waals surface area contributed by atoms with Crippen molar-refractivity contribution in [3.05, 3.63) is 48.0 Å². The Balaban J connectivity index is 2.34. The zero-order valence-electron chi connectivity index (χ0n) is 12.4. The van der Waals surface area contributed by atoms with Gasteiger partial charge in [-0.1, -0.05) is 42.5 Å². The summed E-state index contributed by atoms with van der Waals surface area (Å²) in [7, 11) is 2.60. The van der Waals surface area contributed by atoms with Crippen LogP contribution in [0.4, 0.5) is 4.79 Å². The highest BCUT2D eigenvalue weighted by atomic mass is 16.5. The molecule has 6 nitrogen and oxygen atoms in total. The summed E-state index contributed by atoms with van der Waals surface area (Å²) >= 11 is 0. The van der Waals surface area contributed by atoms with Gasteiger partial charge in [0, 0.05) is 13.5 Å². The number of methoxy groups -OCH3 is 1. The minimum Gasteiger partial charge on any atom is -0.451 e. The Kier molecular flexibility index (Phi) is 4.85. The molecule has 2 aromatic rings. The van der Waals surface area contributed by atoms with E-state index in [0.29, 0.717) is 0 Å². The first-order chi connectivity index (χ1) is 10.5. The van der Waals surface area contributed by atoms with E-state index in [4.69, 9.17) is 5.84 Å². The van der Waals surface area contributed by atoms with Gasteiger partial charge in [-0.15, -0.1) is 0 Å². The number of nitrogens with zero attached hydrogens (tertiary/aromatic N) is 2. The van der Waals surface area contributed by atoms with Gasteiger partial charge >= 0.3 is 6.09 Å². The van der Waals surface area contributed by atoms with E-state index in [9.17, 15) is 9.59 Å². The SMILES string of the molecule is COC(=O)N=C(Cc1ccc2ccccc2c1)C(=O)N(C)N. The second kappa shape index (κ2) is 6.82. The van der Waals surface area contributed by atoms with Crippen LogP contribution in [0.2, 0.25) is 0 Å². The number of amides is 2. The van der Waals surface area contributed by atoms with Gasteiger partial charge in [0.1, 0.15) is 5.71 Å². The first-order valence-corrected chi connectivity index (χ1v) is 6.67. The zero-order chi connectivity index (χ0) is 16.1. The van der Waals surface area contributed by atoms with Crippen LogP contribution in [0.5, 0.6) is 0 Å². The predicted molar refractivity (Wildman–Crippen MR) is 84.4 cm³/mol. The molecule has 0 fully saturated rings. The number of aliphatic imine (C=N–C) groups is 1. The fraction of sp³-hybridized carbons (Fsp3) is 0.188. The van der Waals surface area contributed by atoms with E-state index in [2.05, 4.69) is 9.73 Å². The molecule has 2 amide bonds. The minimum atomic E-state index is -0.828. The molecule has 0 spiro atoms. The Labute approximate surface area is 128 Å². The monoisotopic (exact) mass is 299 g/mol. The van der Waals surface area contributed by atoms with Crippen LogP contribution in [0, 0.1) is 0 Å². The van der Waals surface area contributed by atoms with Crippen molar-refractivity contribution in [1.82, 2.24) is 5.01 Å². The number of carbonyl (C=O) groups is 2. The van der Waals surface area contributed by atoms with E-state index in [1.54, 1.807) is 0 Å². The maximum Gasteiger partial charge on any atom is 0.433 e. The maximum absolute atomic E-state index is 12.0. The quantitative estimate of drug-likeness (QED) is 0.406. The van der Waals surface area contributed by atoms with Crippen LogP contribution in [0.25, 0.3) is 10.8 Å². The number of nitrogens with two attached hydrogens (primary N) is 1. The van der Waals surface area contributed by atoms with E-state index in [1.807, 2.05) is 42.5 Å². The summed E-state index contributed by atoms with van der Waals surface area (Å²) in [4.78, 5) is 27.0. The average molecular weight is 299 g/mol. The Hall–Kier alpha value is -2.73. The molecule has 0 aliphatic carbocycles. The Bertz CT molecular complexity index is 738. The zero-order valence-corrected chi connectivity index (χ0v) is 12.4. The van der Waals surface area contributed by atoms with Crippen molar-refractivity contribution >= 4 is 28.5 Å². The van der Waals surface area contributed by atoms with Gasteiger partial charge in [-0.05, 0) is 16.3 Å². The van der Waals surface area contributed by atoms with Crippen molar-refractivity contribution < 1.29 is 14.3 Å². The van der Waals surface area contributed by atoms with Gasteiger partial charge in [-0.3, -0.25) is 9.80 Å². The summed E-state index contributed by atoms with van der Waals surface area (Å²) in [5.41, 5.74) is 0.892. The number of fused-ring (bicyclic) bond motifs is 1. The summed E-state index contributed by atoms with van der Waals surface area (Å²) in [6.45, 7) is 0. The molecular formula is C16H17N3O3. The lowest BCUT2D eigenvalue weighted by Crippen LogP contribution is -2.39. The molecular weight excluding hydrogens is 282 g/mol. The largest absolute Gasteiger partial charge is 0.451 e. The standard InChI is InChI=1S/C16H17N3O3/c1-19(17)15(20)14(18-16(21)22-2)10-11-7-8-12-5-3-4-6-13(12)9-11/h3-9H,10,17H2,1-2H3. The van der Waals surface area contributed by atoms with Crippen molar-refractivity contribution in [2.45, 2.75) is 6.42 Å². The average Bonchev–Trinajstić information content (AvgIpc) is 2.53. The molecule has 0 saturated carbocycles. The van der Waals surface area contributed by atoms with Gasteiger partial charge in [0.05, 0.1) is 7.11 Å². The van der Waals surface area contributed by atoms with Gasteiger partial charge in [0.25, 0.3) is 5.91 Å². The van der Waals surface area contributed by atoms with Gasteiger partial charge in [0.15, 0.2) is 0 Å². The summed E-state index contributed by atoms with van der Waals surface area (Å²) in [5.74, 6) is 4.92. The maximum atomic E-state index is 12.0. The summed E-state index contributed by atoms with van der Waals surface area (Å²) in [5, 5.41) is 3.04. The number of hydrazine groups is 1. The molecule has 6 heteroatoms. The van der Waals surface area contributed by atoms with Crippen LogP contribution in [-0.2, 0) is 16.0 Å². The molecule has 0 heterocycles. The third-order valence-electron chi connectivity index (χ3n) is 3.15. The first kappa shape index (κ1) is 15.7. The fourth-order valence-electron chi connectivity index (χ4n) is 2.06. The van der Waals surface area contributed by atoms with E-state index in [-0.39, 0.29) is 12.1 Å². The highest BCUT2D eigenvalue weighted by Gasteiger charge is 2.17. The number of carbonyl (C=O) groups excluding carboxylic acids is 2. The van der Waals surface area contributed by atoms with Crippen LogP contribution in [0.3, 0.4) is 0 Å². The molecule has 2 rings (SSSR count). The van der Waals surface area contributed by atoms with Crippen LogP contribution in [-0.4, -0.2) is 36.9 Å². The number of hydrogen-bond donors (Lipinski definition) is 1. The topological polar surface area (TPSA) is 85.0 Å². The number of rotatable bonds is 3. The molecule has 114 valence electrons. The van der Waals surface area contributed by atoms with E-state index in [1.165, 1.54) is 14.2 Å². The predicted octanol–water partition coefficient (Wildman–Crippen LogP) is 1.92. The molecule has 2 N–H and O–H groups in total. The minimum absolute atomic E-state index is 0.0344. The molecule has 0 bridgehead atoms. The van der Waals surface area contributed by atoms with E-state index in [0.717, 1.165) is 21.3 Å². The Morgan fingerprint density at radius 3 is 2.50 bits per heavy atom. The van der Waals surface area contributed by atoms with Gasteiger partial charge in [-0.2, -0.15) is 4.99 Å². The molecule has 0 radical (unpaired) electrons. The van der Waals surface area contributed by atoms with Crippen molar-refractivity contribution in [3.63, 3.8) is 0 Å². The lowest BCUT2D eigenvalue weighted by atomic mass is 10.0. The van der Waals surface area contributed by atoms with E-state index < -0.39 is 12.0 Å². The van der Waals surface area contributed by atoms with Crippen LogP contribution in [0.1, 0.15) is 5.56 Å². The van der Waals surface area contributed by atoms with Crippen LogP contribution < -0.4 is 5.84 Å². The van der Waals surface area contributed by atoms with Crippen LogP contribution >= 0.6 is 0 Å². The molecule has 0 aromatic heterocycles. The third-order valence-corrected chi connectivity index (χ3v) is 3.15. The Morgan fingerprint density at radius 2 is 1.86 bits per heavy atom. The Morgan fingerprint density at radius 1 is 1.18 bits per heavy atom. The highest BCUT2D eigenvalue weighted by molar-refractivity contribution is 6.40. The second-order valence-electron chi connectivity index (χ2n) is 4.80. The van der Waals surface area contributed by atoms with Crippen molar-refractivity contribution in [2.24, 2.45) is 10.8 Å². The second-order valence-corrected chi connectivity index (χ2v) is 4.80. The number of hydrogen-bond acceptors (Lipinski definition) is 4. The van der Waals surface area contributed by atoms with Crippen LogP contribution in [0.15, 0.2) is 47.5 Å². The lowest BCUT2D eigenvalue weighted by molar-refractivity contribution is -0.123. The van der Waals surface area contributed by atoms with Gasteiger partial charge < -0.3 is 4.74 Å². The number of ether oxygens (including phenoxy) is 1. The lowest BCUT2D eigenvalue weighted by Gasteiger charge is -2.12. The van der Waals surface area contributed by atoms with Crippen molar-refractivity contribution in [2.75, 3.05) is 14.2 Å². The summed E-state index contributed by atoms with van der Waals surface area (Å²) in [6.07, 6.45) is -0.633. The fourth-order valence-corrected chi connectivity index (χ4v) is 2.06. The smallest absolute Gasteiger partial charge is 0.433 e. The highest BCUT2D eigenvalue weighted by Crippen LogP contribution is 2.16. The normalized spacial score (nSPS) is 11.3. The van der Waals surface area contributed by atoms with Crippen molar-refractivity contribution in [1.29, 1.82) is 0 Å². The molecule has 22 heavy (non-hydrogen) atoms. The summed E-state index contributed by atoms with van der Waals surface area (Å²) < 4.78 is 4.48. The summed E-state index contributed by atoms with van der Waals surface area (Å²) in [6, 6.07) is 13.7. The molecule has 0 saturated heterocycles. The third kappa shape index (κ3) is 3.67. The van der Waals surface area contributed by atoms with Gasteiger partial charge in [-0.25, -0.2) is 10.6 Å². The van der Waals surface area contributed by atoms with E-state index >= 15 is 0 Å². The molecule has 2 aromatic carbocycles. The van der Waals surface area contributed by atoms with Crippen molar-refractivity contribution in [3.8, 4) is 0 Å². The molecule has 0 unspecified atom stereocenters. The number of benzene rings is 2.